The molecule has 4 atom stereocenters. The number of rotatable bonds is 7. The van der Waals surface area contributed by atoms with Crippen LogP contribution >= 0.6 is 0 Å². The molecule has 3 aliphatic heterocycles. The van der Waals surface area contributed by atoms with E-state index in [0.29, 0.717) is 36.1 Å². The van der Waals surface area contributed by atoms with Gasteiger partial charge < -0.3 is 9.47 Å². The van der Waals surface area contributed by atoms with Gasteiger partial charge in [0.2, 0.25) is 27.7 Å². The molecular formula is C37H45FN6O10S. The second-order valence-electron chi connectivity index (χ2n) is 15.4. The average molecular weight is 785 g/mol. The number of allylic oxidation sites excluding steroid dienone is 3. The highest BCUT2D eigenvalue weighted by molar-refractivity contribution is 7.90. The van der Waals surface area contributed by atoms with Gasteiger partial charge in [-0.15, -0.1) is 0 Å². The van der Waals surface area contributed by atoms with Crippen LogP contribution in [0, 0.1) is 17.7 Å². The van der Waals surface area contributed by atoms with Gasteiger partial charge in [-0.1, -0.05) is 18.7 Å². The van der Waals surface area contributed by atoms with Gasteiger partial charge in [-0.3, -0.25) is 43.7 Å². The lowest BCUT2D eigenvalue weighted by Crippen LogP contribution is -2.51. The number of benzene rings is 1. The summed E-state index contributed by atoms with van der Waals surface area (Å²) in [7, 11) is -4.00. The SMILES string of the molecule is C=CC(=O)C1CCN(NC(=O)OC(C)(C)C)C(=O)CC[C@@H](OC(=O)N2Cc3cccc(F)c3C2)N2C(=O)C[C@H](C(=O)NS(=O)(=O)C3CC3)[C@H]2/C=N\C2=C(C2)C1. The van der Waals surface area contributed by atoms with Gasteiger partial charge in [-0.25, -0.2) is 27.8 Å². The van der Waals surface area contributed by atoms with Crippen molar-refractivity contribution in [2.75, 3.05) is 6.54 Å². The number of amides is 5. The first kappa shape index (κ1) is 39.6. The maximum Gasteiger partial charge on any atom is 0.426 e. The summed E-state index contributed by atoms with van der Waals surface area (Å²) in [4.78, 5) is 87.8. The van der Waals surface area contributed by atoms with Crippen LogP contribution in [0.1, 0.15) is 83.3 Å². The Bertz CT molecular complexity index is 1970. The van der Waals surface area contributed by atoms with Crippen molar-refractivity contribution >= 4 is 51.9 Å². The molecule has 1 aromatic carbocycles. The highest BCUT2D eigenvalue weighted by Gasteiger charge is 2.49. The van der Waals surface area contributed by atoms with Crippen LogP contribution in [0.25, 0.3) is 0 Å². The summed E-state index contributed by atoms with van der Waals surface area (Å²) in [6.45, 7) is 8.32. The number of ketones is 1. The van der Waals surface area contributed by atoms with Crippen LogP contribution in [0.3, 0.4) is 0 Å². The number of ether oxygens (including phenoxy) is 2. The van der Waals surface area contributed by atoms with E-state index >= 15 is 0 Å². The lowest BCUT2D eigenvalue weighted by atomic mass is 9.94. The molecule has 18 heteroatoms. The number of sulfonamides is 1. The lowest BCUT2D eigenvalue weighted by molar-refractivity contribution is -0.142. The molecule has 2 fully saturated rings. The largest absolute Gasteiger partial charge is 0.443 e. The number of nitrogens with one attached hydrogen (secondary N) is 2. The summed E-state index contributed by atoms with van der Waals surface area (Å²) in [6.07, 6.45) is -0.452. The summed E-state index contributed by atoms with van der Waals surface area (Å²) < 4.78 is 53.6. The molecular weight excluding hydrogens is 740 g/mol. The zero-order valence-electron chi connectivity index (χ0n) is 30.9. The molecule has 2 aliphatic carbocycles. The molecule has 5 amide bonds. The second kappa shape index (κ2) is 15.5. The Balaban J connectivity index is 1.34. The molecule has 3 heterocycles. The highest BCUT2D eigenvalue weighted by atomic mass is 32.2. The molecule has 1 saturated carbocycles. The Morgan fingerprint density at radius 2 is 1.78 bits per heavy atom. The van der Waals surface area contributed by atoms with E-state index in [1.807, 2.05) is 0 Å². The van der Waals surface area contributed by atoms with Gasteiger partial charge in [-0.2, -0.15) is 0 Å². The molecule has 6 rings (SSSR count). The highest BCUT2D eigenvalue weighted by Crippen LogP contribution is 2.39. The number of nitrogens with zero attached hydrogens (tertiary/aromatic N) is 4. The zero-order chi connectivity index (χ0) is 39.8. The third kappa shape index (κ3) is 9.40. The fourth-order valence-corrected chi connectivity index (χ4v) is 8.32. The van der Waals surface area contributed by atoms with Crippen molar-refractivity contribution in [3.8, 4) is 0 Å². The molecule has 0 spiro atoms. The van der Waals surface area contributed by atoms with Crippen molar-refractivity contribution in [3.63, 3.8) is 0 Å². The van der Waals surface area contributed by atoms with Crippen molar-refractivity contribution in [1.29, 1.82) is 0 Å². The third-order valence-electron chi connectivity index (χ3n) is 10.1. The van der Waals surface area contributed by atoms with Gasteiger partial charge in [0.1, 0.15) is 11.4 Å². The molecule has 296 valence electrons. The molecule has 0 bridgehead atoms. The fourth-order valence-electron chi connectivity index (χ4n) is 6.96. The van der Waals surface area contributed by atoms with Gasteiger partial charge >= 0.3 is 12.2 Å². The average Bonchev–Trinajstić information content (AvgIpc) is 4.02. The Morgan fingerprint density at radius 1 is 1.04 bits per heavy atom. The van der Waals surface area contributed by atoms with Crippen molar-refractivity contribution in [1.82, 2.24) is 25.0 Å². The topological polar surface area (TPSA) is 201 Å². The quantitative estimate of drug-likeness (QED) is 0.386. The summed E-state index contributed by atoms with van der Waals surface area (Å²) >= 11 is 0. The van der Waals surface area contributed by atoms with Gasteiger partial charge in [0, 0.05) is 62.2 Å². The Kier molecular flexibility index (Phi) is 11.2. The maximum atomic E-state index is 14.6. The first-order chi connectivity index (χ1) is 25.9. The van der Waals surface area contributed by atoms with Crippen molar-refractivity contribution in [2.24, 2.45) is 16.8 Å². The van der Waals surface area contributed by atoms with E-state index in [-0.39, 0.29) is 44.7 Å². The molecule has 55 heavy (non-hydrogen) atoms. The number of hydrazine groups is 1. The van der Waals surface area contributed by atoms with Crippen LogP contribution < -0.4 is 10.1 Å². The Hall–Kier alpha value is -5.13. The minimum Gasteiger partial charge on any atom is -0.443 e. The molecule has 1 unspecified atom stereocenters. The predicted octanol–water partition coefficient (Wildman–Crippen LogP) is 3.37. The van der Waals surface area contributed by atoms with Gasteiger partial charge in [0.15, 0.2) is 12.0 Å². The number of hydrogen-bond acceptors (Lipinski definition) is 11. The predicted molar refractivity (Wildman–Crippen MR) is 193 cm³/mol. The summed E-state index contributed by atoms with van der Waals surface area (Å²) in [5.74, 6) is -4.96. The van der Waals surface area contributed by atoms with Crippen molar-refractivity contribution in [2.45, 2.75) is 108 Å². The van der Waals surface area contributed by atoms with E-state index < -0.39 is 93.5 Å². The monoisotopic (exact) mass is 784 g/mol. The van der Waals surface area contributed by atoms with E-state index in [1.165, 1.54) is 29.3 Å². The molecule has 2 N–H and O–H groups in total. The standard InChI is InChI=1S/C37H45FN6O10S/c1-5-30(45)21-13-14-43(40-35(49)54-37(2,3)4)31(46)11-12-33(53-36(50)42-19-22-7-6-8-27(38)26(22)20-42)44-29(18-39-28-16-23(28)15-21)25(17-32(44)47)34(48)41-55(51,52)24-9-10-24/h5-8,18,21,24-25,29,33H,1,9-17,19-20H2,2-4H3,(H,40,49)(H,41,48)/b39-18-/t21?,25-,29+,33+/m0/s1. The van der Waals surface area contributed by atoms with E-state index in [9.17, 15) is 41.6 Å². The minimum atomic E-state index is -4.00. The Morgan fingerprint density at radius 3 is 2.45 bits per heavy atom. The summed E-state index contributed by atoms with van der Waals surface area (Å²) in [6, 6.07) is 3.24. The van der Waals surface area contributed by atoms with Crippen LogP contribution in [0.15, 0.2) is 47.1 Å². The van der Waals surface area contributed by atoms with E-state index in [2.05, 4.69) is 21.7 Å². The second-order valence-corrected chi connectivity index (χ2v) is 17.3. The van der Waals surface area contributed by atoms with Crippen LogP contribution in [-0.4, -0.2) is 94.8 Å². The molecule has 0 aromatic heterocycles. The number of fused-ring (bicyclic) bond motifs is 2. The maximum absolute atomic E-state index is 14.6. The van der Waals surface area contributed by atoms with E-state index in [4.69, 9.17) is 9.47 Å². The summed E-state index contributed by atoms with van der Waals surface area (Å²) in [5, 5.41) is 0.291. The van der Waals surface area contributed by atoms with Gasteiger partial charge in [0.25, 0.3) is 0 Å². The van der Waals surface area contributed by atoms with Crippen LogP contribution in [0.5, 0.6) is 0 Å². The minimum absolute atomic E-state index is 0.00950. The van der Waals surface area contributed by atoms with Crippen molar-refractivity contribution in [3.05, 3.63) is 59.1 Å². The number of carbonyl (C=O) groups excluding carboxylic acids is 6. The molecule has 16 nitrogen and oxygen atoms in total. The fraction of sp³-hybridized carbons (Fsp3) is 0.541. The van der Waals surface area contributed by atoms with E-state index in [1.54, 1.807) is 26.8 Å². The molecule has 5 aliphatic rings. The van der Waals surface area contributed by atoms with Crippen molar-refractivity contribution < 1.29 is 51.0 Å². The summed E-state index contributed by atoms with van der Waals surface area (Å²) in [5.41, 5.74) is 3.81. The van der Waals surface area contributed by atoms with E-state index in [0.717, 1.165) is 15.5 Å². The molecule has 1 aromatic rings. The smallest absolute Gasteiger partial charge is 0.426 e. The zero-order valence-corrected chi connectivity index (χ0v) is 31.7. The number of hydrogen-bond donors (Lipinski definition) is 2. The first-order valence-electron chi connectivity index (χ1n) is 18.2. The van der Waals surface area contributed by atoms with Crippen LogP contribution in [0.2, 0.25) is 0 Å². The van der Waals surface area contributed by atoms with Gasteiger partial charge in [-0.05, 0) is 69.7 Å². The lowest BCUT2D eigenvalue weighted by Gasteiger charge is -2.34. The molecule has 1 saturated heterocycles. The van der Waals surface area contributed by atoms with Crippen LogP contribution in [0.4, 0.5) is 14.0 Å². The Labute approximate surface area is 318 Å². The number of aliphatic imine (C=N–C) groups is 1. The first-order valence-corrected chi connectivity index (χ1v) is 19.8. The number of halogens is 1. The normalized spacial score (nSPS) is 25.1. The molecule has 0 radical (unpaired) electrons. The number of carbonyl (C=O) groups is 6. The van der Waals surface area contributed by atoms with Gasteiger partial charge in [0.05, 0.1) is 23.8 Å². The third-order valence-corrected chi connectivity index (χ3v) is 11.9. The van der Waals surface area contributed by atoms with Crippen LogP contribution in [-0.2, 0) is 51.8 Å².